The first-order valence-corrected chi connectivity index (χ1v) is 9.92. The van der Waals surface area contributed by atoms with Gasteiger partial charge in [0, 0.05) is 29.5 Å². The number of nitrogens with zero attached hydrogens (tertiary/aromatic N) is 1. The minimum Gasteiger partial charge on any atom is -0.455 e. The van der Waals surface area contributed by atoms with Crippen molar-refractivity contribution < 1.29 is 14.3 Å². The van der Waals surface area contributed by atoms with Crippen LogP contribution in [0, 0.1) is 12.3 Å². The summed E-state index contributed by atoms with van der Waals surface area (Å²) in [6.45, 7) is 8.62. The van der Waals surface area contributed by atoms with Gasteiger partial charge in [-0.1, -0.05) is 50.2 Å². The Kier molecular flexibility index (Phi) is 4.54. The van der Waals surface area contributed by atoms with E-state index in [-0.39, 0.29) is 11.3 Å². The van der Waals surface area contributed by atoms with Crippen molar-refractivity contribution in [1.29, 1.82) is 0 Å². The number of hydrogen-bond acceptors (Lipinski definition) is 3. The molecule has 0 saturated carbocycles. The van der Waals surface area contributed by atoms with Gasteiger partial charge in [0.25, 0.3) is 5.91 Å². The molecule has 4 heteroatoms. The lowest BCUT2D eigenvalue weighted by Gasteiger charge is -2.31. The van der Waals surface area contributed by atoms with Gasteiger partial charge < -0.3 is 14.4 Å². The molecule has 4 rings (SSSR count). The van der Waals surface area contributed by atoms with Crippen molar-refractivity contribution in [2.24, 2.45) is 5.41 Å². The largest absolute Gasteiger partial charge is 0.455 e. The normalized spacial score (nSPS) is 18.1. The van der Waals surface area contributed by atoms with E-state index >= 15 is 0 Å². The summed E-state index contributed by atoms with van der Waals surface area (Å²) in [4.78, 5) is 15.2. The van der Waals surface area contributed by atoms with E-state index in [0.717, 1.165) is 39.8 Å². The summed E-state index contributed by atoms with van der Waals surface area (Å²) in [5, 5.41) is 12.8. The Balaban J connectivity index is 1.79. The lowest BCUT2D eigenvalue weighted by Crippen LogP contribution is -2.31. The zero-order valence-electron chi connectivity index (χ0n) is 17.0. The third-order valence-electron chi connectivity index (χ3n) is 5.80. The molecular formula is C24H27NO3. The van der Waals surface area contributed by atoms with Crippen LogP contribution in [0.4, 0.5) is 5.69 Å². The number of rotatable bonds is 3. The Morgan fingerprint density at radius 2 is 1.93 bits per heavy atom. The van der Waals surface area contributed by atoms with Gasteiger partial charge in [-0.2, -0.15) is 0 Å². The number of furan rings is 1. The van der Waals surface area contributed by atoms with E-state index in [9.17, 15) is 9.90 Å². The molecule has 1 aliphatic carbocycles. The van der Waals surface area contributed by atoms with E-state index in [4.69, 9.17) is 4.42 Å². The molecule has 2 aromatic carbocycles. The number of anilines is 1. The van der Waals surface area contributed by atoms with Gasteiger partial charge in [0.2, 0.25) is 0 Å². The van der Waals surface area contributed by atoms with Crippen LogP contribution in [0.15, 0.2) is 46.9 Å². The number of fused-ring (bicyclic) bond motifs is 2. The molecule has 0 aliphatic heterocycles. The summed E-state index contributed by atoms with van der Waals surface area (Å²) in [5.41, 5.74) is 2.40. The first-order valence-electron chi connectivity index (χ1n) is 9.92. The Bertz CT molecular complexity index is 1040. The number of carbonyl (C=O) groups is 1. The molecule has 1 amide bonds. The van der Waals surface area contributed by atoms with Crippen LogP contribution in [0.5, 0.6) is 0 Å². The average molecular weight is 377 g/mol. The number of aliphatic hydroxyl groups excluding tert-OH is 1. The van der Waals surface area contributed by atoms with Crippen LogP contribution in [-0.4, -0.2) is 17.6 Å². The predicted molar refractivity (Wildman–Crippen MR) is 112 cm³/mol. The zero-order chi connectivity index (χ0) is 20.1. The van der Waals surface area contributed by atoms with Crippen LogP contribution in [-0.2, 0) is 6.42 Å². The van der Waals surface area contributed by atoms with Gasteiger partial charge in [-0.3, -0.25) is 4.79 Å². The molecular weight excluding hydrogens is 350 g/mol. The molecule has 0 spiro atoms. The highest BCUT2D eigenvalue weighted by molar-refractivity contribution is 6.10. The van der Waals surface area contributed by atoms with Crippen LogP contribution in [0.25, 0.3) is 10.8 Å². The summed E-state index contributed by atoms with van der Waals surface area (Å²) in [7, 11) is 0. The minimum atomic E-state index is -0.586. The van der Waals surface area contributed by atoms with Crippen LogP contribution in [0.2, 0.25) is 0 Å². The van der Waals surface area contributed by atoms with E-state index in [1.165, 1.54) is 0 Å². The Labute approximate surface area is 165 Å². The molecule has 1 N–H and O–H groups in total. The summed E-state index contributed by atoms with van der Waals surface area (Å²) in [6, 6.07) is 14.1. The summed E-state index contributed by atoms with van der Waals surface area (Å²) in [5.74, 6) is 0.936. The third kappa shape index (κ3) is 3.02. The minimum absolute atomic E-state index is 0.0445. The van der Waals surface area contributed by atoms with Crippen molar-refractivity contribution in [3.05, 3.63) is 65.1 Å². The Morgan fingerprint density at radius 3 is 2.68 bits per heavy atom. The molecule has 4 nitrogen and oxygen atoms in total. The van der Waals surface area contributed by atoms with Crippen molar-refractivity contribution >= 4 is 22.4 Å². The number of amides is 1. The van der Waals surface area contributed by atoms with Gasteiger partial charge in [0.1, 0.15) is 5.76 Å². The first kappa shape index (κ1) is 18.8. The average Bonchev–Trinajstić information content (AvgIpc) is 2.97. The summed E-state index contributed by atoms with van der Waals surface area (Å²) in [6.07, 6.45) is 0.819. The predicted octanol–water partition coefficient (Wildman–Crippen LogP) is 5.41. The van der Waals surface area contributed by atoms with E-state index < -0.39 is 6.10 Å². The SMILES string of the molecule is CCN(C(=O)c1oc2c(c1C)C(O)CC(C)(C)C2)c1cccc2ccccc12. The van der Waals surface area contributed by atoms with Crippen LogP contribution in [0.3, 0.4) is 0 Å². The maximum atomic E-state index is 13.5. The van der Waals surface area contributed by atoms with Gasteiger partial charge >= 0.3 is 0 Å². The number of hydrogen-bond donors (Lipinski definition) is 1. The molecule has 146 valence electrons. The maximum absolute atomic E-state index is 13.5. The van der Waals surface area contributed by atoms with Gasteiger partial charge in [0.05, 0.1) is 11.8 Å². The standard InChI is InChI=1S/C24H27NO3/c1-5-25(18-12-8-10-16-9-6-7-11-17(16)18)23(27)22-15(2)21-19(26)13-24(3,4)14-20(21)28-22/h6-12,19,26H,5,13-14H2,1-4H3. The summed E-state index contributed by atoms with van der Waals surface area (Å²) < 4.78 is 6.07. The van der Waals surface area contributed by atoms with Crippen molar-refractivity contribution in [3.8, 4) is 0 Å². The van der Waals surface area contributed by atoms with E-state index in [1.807, 2.05) is 56.3 Å². The molecule has 0 radical (unpaired) electrons. The molecule has 1 aromatic heterocycles. The number of carbonyl (C=O) groups excluding carboxylic acids is 1. The number of aliphatic hydroxyl groups is 1. The quantitative estimate of drug-likeness (QED) is 0.664. The van der Waals surface area contributed by atoms with Crippen LogP contribution in [0.1, 0.15) is 60.7 Å². The van der Waals surface area contributed by atoms with E-state index in [0.29, 0.717) is 18.7 Å². The molecule has 1 unspecified atom stereocenters. The van der Waals surface area contributed by atoms with E-state index in [2.05, 4.69) is 13.8 Å². The maximum Gasteiger partial charge on any atom is 0.294 e. The molecule has 1 aliphatic rings. The van der Waals surface area contributed by atoms with Crippen molar-refractivity contribution in [1.82, 2.24) is 0 Å². The van der Waals surface area contributed by atoms with Crippen molar-refractivity contribution in [3.63, 3.8) is 0 Å². The third-order valence-corrected chi connectivity index (χ3v) is 5.80. The fraction of sp³-hybridized carbons (Fsp3) is 0.375. The lowest BCUT2D eigenvalue weighted by molar-refractivity contribution is 0.0901. The smallest absolute Gasteiger partial charge is 0.294 e. The molecule has 3 aromatic rings. The molecule has 28 heavy (non-hydrogen) atoms. The first-order chi connectivity index (χ1) is 13.3. The Hall–Kier alpha value is -2.59. The van der Waals surface area contributed by atoms with Crippen molar-refractivity contribution in [2.45, 2.75) is 46.6 Å². The van der Waals surface area contributed by atoms with Crippen LogP contribution >= 0.6 is 0 Å². The van der Waals surface area contributed by atoms with Crippen molar-refractivity contribution in [2.75, 3.05) is 11.4 Å². The lowest BCUT2D eigenvalue weighted by atomic mass is 9.75. The fourth-order valence-corrected chi connectivity index (χ4v) is 4.48. The van der Waals surface area contributed by atoms with Crippen LogP contribution < -0.4 is 4.90 Å². The molecule has 0 bridgehead atoms. The topological polar surface area (TPSA) is 53.7 Å². The van der Waals surface area contributed by atoms with E-state index in [1.54, 1.807) is 4.90 Å². The molecule has 0 fully saturated rings. The van der Waals surface area contributed by atoms with Gasteiger partial charge in [-0.05, 0) is 37.1 Å². The monoisotopic (exact) mass is 377 g/mol. The second kappa shape index (κ2) is 6.78. The second-order valence-corrected chi connectivity index (χ2v) is 8.50. The fourth-order valence-electron chi connectivity index (χ4n) is 4.48. The van der Waals surface area contributed by atoms with Gasteiger partial charge in [0.15, 0.2) is 5.76 Å². The second-order valence-electron chi connectivity index (χ2n) is 8.50. The zero-order valence-corrected chi connectivity index (χ0v) is 17.0. The highest BCUT2D eigenvalue weighted by atomic mass is 16.4. The Morgan fingerprint density at radius 1 is 1.21 bits per heavy atom. The molecule has 1 atom stereocenters. The summed E-state index contributed by atoms with van der Waals surface area (Å²) >= 11 is 0. The van der Waals surface area contributed by atoms with Gasteiger partial charge in [-0.25, -0.2) is 0 Å². The van der Waals surface area contributed by atoms with Gasteiger partial charge in [-0.15, -0.1) is 0 Å². The molecule has 0 saturated heterocycles. The number of benzene rings is 2. The highest BCUT2D eigenvalue weighted by Crippen LogP contribution is 2.44. The molecule has 1 heterocycles. The highest BCUT2D eigenvalue weighted by Gasteiger charge is 2.38.